The van der Waals surface area contributed by atoms with Crippen LogP contribution in [0.3, 0.4) is 0 Å². The zero-order chi connectivity index (χ0) is 17.3. The normalized spacial score (nSPS) is 12.2. The highest BCUT2D eigenvalue weighted by molar-refractivity contribution is 9.10. The Labute approximate surface area is 151 Å². The molecule has 0 aliphatic carbocycles. The van der Waals surface area contributed by atoms with Crippen molar-refractivity contribution in [2.24, 2.45) is 0 Å². The second kappa shape index (κ2) is 6.79. The molecule has 2 N–H and O–H groups in total. The van der Waals surface area contributed by atoms with Crippen molar-refractivity contribution in [3.63, 3.8) is 0 Å². The topological polar surface area (TPSA) is 70.2 Å². The molecule has 3 aromatic rings. The maximum absolute atomic E-state index is 12.6. The van der Waals surface area contributed by atoms with Crippen LogP contribution in [0.5, 0.6) is 0 Å². The van der Waals surface area contributed by atoms with E-state index in [4.69, 9.17) is 11.6 Å². The number of aromatic amines is 1. The quantitative estimate of drug-likeness (QED) is 0.584. The van der Waals surface area contributed by atoms with Gasteiger partial charge in [-0.3, -0.25) is 9.59 Å². The van der Waals surface area contributed by atoms with Gasteiger partial charge in [0.2, 0.25) is 0 Å². The SMILES string of the molecule is O=C(CC(C(=O)O)c1c[nH]c2ccccc12)c1ccc(Cl)cc1Br. The summed E-state index contributed by atoms with van der Waals surface area (Å²) in [5.74, 6) is -2.20. The Morgan fingerprint density at radius 1 is 1.21 bits per heavy atom. The number of Topliss-reactive ketones (excluding diaryl/α,β-unsaturated/α-hetero) is 1. The van der Waals surface area contributed by atoms with Crippen molar-refractivity contribution in [2.45, 2.75) is 12.3 Å². The van der Waals surface area contributed by atoms with Crippen molar-refractivity contribution in [3.8, 4) is 0 Å². The van der Waals surface area contributed by atoms with Crippen LogP contribution in [0.4, 0.5) is 0 Å². The number of ketones is 1. The van der Waals surface area contributed by atoms with E-state index in [2.05, 4.69) is 20.9 Å². The lowest BCUT2D eigenvalue weighted by molar-refractivity contribution is -0.138. The van der Waals surface area contributed by atoms with Gasteiger partial charge in [-0.15, -0.1) is 0 Å². The molecule has 0 saturated carbocycles. The Morgan fingerprint density at radius 2 is 1.96 bits per heavy atom. The molecule has 0 saturated heterocycles. The average Bonchev–Trinajstić information content (AvgIpc) is 2.96. The molecule has 1 heterocycles. The molecule has 4 nitrogen and oxygen atoms in total. The number of carboxylic acids is 1. The third kappa shape index (κ3) is 3.23. The lowest BCUT2D eigenvalue weighted by Gasteiger charge is -2.12. The Balaban J connectivity index is 1.95. The molecule has 122 valence electrons. The molecule has 24 heavy (non-hydrogen) atoms. The summed E-state index contributed by atoms with van der Waals surface area (Å²) in [5.41, 5.74) is 1.88. The second-order valence-corrected chi connectivity index (χ2v) is 6.72. The Kier molecular flexibility index (Phi) is 4.73. The van der Waals surface area contributed by atoms with Crippen molar-refractivity contribution < 1.29 is 14.7 Å². The van der Waals surface area contributed by atoms with Crippen LogP contribution in [0, 0.1) is 0 Å². The van der Waals surface area contributed by atoms with Crippen LogP contribution in [0.15, 0.2) is 53.1 Å². The van der Waals surface area contributed by atoms with Crippen LogP contribution in [0.2, 0.25) is 5.02 Å². The lowest BCUT2D eigenvalue weighted by Crippen LogP contribution is -2.16. The zero-order valence-corrected chi connectivity index (χ0v) is 14.8. The van der Waals surface area contributed by atoms with E-state index in [0.717, 1.165) is 10.9 Å². The van der Waals surface area contributed by atoms with Gasteiger partial charge in [0.1, 0.15) is 0 Å². The van der Waals surface area contributed by atoms with Crippen LogP contribution in [0.1, 0.15) is 28.3 Å². The summed E-state index contributed by atoms with van der Waals surface area (Å²) in [4.78, 5) is 27.4. The number of aromatic nitrogens is 1. The van der Waals surface area contributed by atoms with Crippen LogP contribution >= 0.6 is 27.5 Å². The van der Waals surface area contributed by atoms with E-state index in [0.29, 0.717) is 20.6 Å². The van der Waals surface area contributed by atoms with E-state index in [-0.39, 0.29) is 12.2 Å². The molecule has 1 atom stereocenters. The molecule has 2 aromatic carbocycles. The summed E-state index contributed by atoms with van der Waals surface area (Å²) in [6, 6.07) is 12.3. The lowest BCUT2D eigenvalue weighted by atomic mass is 9.91. The van der Waals surface area contributed by atoms with Crippen LogP contribution in [0.25, 0.3) is 10.9 Å². The predicted octanol–water partition coefficient (Wildman–Crippen LogP) is 5.03. The van der Waals surface area contributed by atoms with Crippen molar-refractivity contribution in [1.82, 2.24) is 4.98 Å². The average molecular weight is 407 g/mol. The van der Waals surface area contributed by atoms with Gasteiger partial charge in [0.05, 0.1) is 5.92 Å². The van der Waals surface area contributed by atoms with Gasteiger partial charge in [-0.2, -0.15) is 0 Å². The summed E-state index contributed by atoms with van der Waals surface area (Å²) in [7, 11) is 0. The fraction of sp³-hybridized carbons (Fsp3) is 0.111. The summed E-state index contributed by atoms with van der Waals surface area (Å²) < 4.78 is 0.558. The molecule has 6 heteroatoms. The van der Waals surface area contributed by atoms with Crippen LogP contribution in [-0.2, 0) is 4.79 Å². The minimum absolute atomic E-state index is 0.128. The van der Waals surface area contributed by atoms with Gasteiger partial charge in [-0.05, 0) is 45.8 Å². The number of hydrogen-bond acceptors (Lipinski definition) is 2. The van der Waals surface area contributed by atoms with E-state index >= 15 is 0 Å². The number of benzene rings is 2. The van der Waals surface area contributed by atoms with Gasteiger partial charge in [0.15, 0.2) is 5.78 Å². The zero-order valence-electron chi connectivity index (χ0n) is 12.4. The highest BCUT2D eigenvalue weighted by Crippen LogP contribution is 2.31. The van der Waals surface area contributed by atoms with Gasteiger partial charge in [0, 0.05) is 38.6 Å². The van der Waals surface area contributed by atoms with E-state index < -0.39 is 11.9 Å². The molecular formula is C18H13BrClNO3. The van der Waals surface area contributed by atoms with Crippen molar-refractivity contribution in [2.75, 3.05) is 0 Å². The molecular weight excluding hydrogens is 394 g/mol. The first-order valence-electron chi connectivity index (χ1n) is 7.24. The molecule has 0 bridgehead atoms. The number of rotatable bonds is 5. The minimum atomic E-state index is -1.03. The van der Waals surface area contributed by atoms with E-state index in [9.17, 15) is 14.7 Å². The molecule has 1 unspecified atom stereocenters. The number of fused-ring (bicyclic) bond motifs is 1. The first-order chi connectivity index (χ1) is 11.5. The number of H-pyrrole nitrogens is 1. The number of aliphatic carboxylic acids is 1. The van der Waals surface area contributed by atoms with Crippen LogP contribution in [-0.4, -0.2) is 21.8 Å². The standard InChI is InChI=1S/C18H13BrClNO3/c19-15-7-10(20)5-6-12(15)17(22)8-13(18(23)24)14-9-21-16-4-2-1-3-11(14)16/h1-7,9,13,21H,8H2,(H,23,24). The van der Waals surface area contributed by atoms with Gasteiger partial charge >= 0.3 is 5.97 Å². The first-order valence-corrected chi connectivity index (χ1v) is 8.41. The van der Waals surface area contributed by atoms with Gasteiger partial charge in [-0.1, -0.05) is 29.8 Å². The number of hydrogen-bond donors (Lipinski definition) is 2. The number of carbonyl (C=O) groups excluding carboxylic acids is 1. The van der Waals surface area contributed by atoms with Gasteiger partial charge in [0.25, 0.3) is 0 Å². The maximum atomic E-state index is 12.6. The third-order valence-corrected chi connectivity index (χ3v) is 4.81. The summed E-state index contributed by atoms with van der Waals surface area (Å²) in [5, 5.41) is 10.9. The monoisotopic (exact) mass is 405 g/mol. The molecule has 1 aromatic heterocycles. The molecule has 0 aliphatic rings. The van der Waals surface area contributed by atoms with Crippen molar-refractivity contribution in [1.29, 1.82) is 0 Å². The molecule has 0 radical (unpaired) electrons. The van der Waals surface area contributed by atoms with Crippen molar-refractivity contribution >= 4 is 50.2 Å². The fourth-order valence-electron chi connectivity index (χ4n) is 2.72. The van der Waals surface area contributed by atoms with E-state index in [1.807, 2.05) is 24.3 Å². The molecule has 0 aliphatic heterocycles. The highest BCUT2D eigenvalue weighted by atomic mass is 79.9. The number of halogens is 2. The van der Waals surface area contributed by atoms with E-state index in [1.54, 1.807) is 24.4 Å². The maximum Gasteiger partial charge on any atom is 0.311 e. The highest BCUT2D eigenvalue weighted by Gasteiger charge is 2.27. The minimum Gasteiger partial charge on any atom is -0.481 e. The predicted molar refractivity (Wildman–Crippen MR) is 96.8 cm³/mol. The molecule has 0 spiro atoms. The molecule has 3 rings (SSSR count). The molecule has 0 fully saturated rings. The summed E-state index contributed by atoms with van der Waals surface area (Å²) >= 11 is 9.19. The smallest absolute Gasteiger partial charge is 0.311 e. The number of para-hydroxylation sites is 1. The number of carbonyl (C=O) groups is 2. The van der Waals surface area contributed by atoms with E-state index in [1.165, 1.54) is 0 Å². The summed E-state index contributed by atoms with van der Waals surface area (Å²) in [6.07, 6.45) is 1.53. The Hall–Kier alpha value is -2.11. The third-order valence-electron chi connectivity index (χ3n) is 3.92. The Bertz CT molecular complexity index is 935. The summed E-state index contributed by atoms with van der Waals surface area (Å²) in [6.45, 7) is 0. The van der Waals surface area contributed by atoms with Crippen molar-refractivity contribution in [3.05, 3.63) is 69.3 Å². The Morgan fingerprint density at radius 3 is 2.67 bits per heavy atom. The van der Waals surface area contributed by atoms with Gasteiger partial charge < -0.3 is 10.1 Å². The largest absolute Gasteiger partial charge is 0.481 e. The second-order valence-electron chi connectivity index (χ2n) is 5.43. The first kappa shape index (κ1) is 16.7. The molecule has 0 amide bonds. The van der Waals surface area contributed by atoms with Crippen LogP contribution < -0.4 is 0 Å². The van der Waals surface area contributed by atoms with Gasteiger partial charge in [-0.25, -0.2) is 0 Å². The fourth-order valence-corrected chi connectivity index (χ4v) is 3.63. The number of nitrogens with one attached hydrogen (secondary N) is 1. The number of carboxylic acid groups (broad SMARTS) is 1.